The van der Waals surface area contributed by atoms with Gasteiger partial charge in [0.1, 0.15) is 17.9 Å². The number of halogens is 1. The van der Waals surface area contributed by atoms with Crippen molar-refractivity contribution in [2.24, 2.45) is 0 Å². The zero-order valence-corrected chi connectivity index (χ0v) is 17.3. The minimum Gasteiger partial charge on any atom is -0.495 e. The van der Waals surface area contributed by atoms with Gasteiger partial charge in [-0.05, 0) is 24.3 Å². The Kier molecular flexibility index (Phi) is 4.88. The molecule has 152 valence electrons. The maximum absolute atomic E-state index is 6.11. The van der Waals surface area contributed by atoms with Crippen LogP contribution in [0.2, 0.25) is 5.02 Å². The molecule has 0 spiro atoms. The molecule has 1 aliphatic rings. The molecule has 0 radical (unpaired) electrons. The minimum atomic E-state index is 0.674. The molecule has 30 heavy (non-hydrogen) atoms. The number of hydrogen-bond acceptors (Lipinski definition) is 6. The van der Waals surface area contributed by atoms with Crippen LogP contribution in [-0.2, 0) is 0 Å². The second-order valence-electron chi connectivity index (χ2n) is 7.12. The lowest BCUT2D eigenvalue weighted by Gasteiger charge is -2.37. The summed E-state index contributed by atoms with van der Waals surface area (Å²) in [5, 5.41) is 6.19. The summed E-state index contributed by atoms with van der Waals surface area (Å²) in [4.78, 5) is 13.7. The lowest BCUT2D eigenvalue weighted by molar-refractivity contribution is 0.413. The molecule has 1 aliphatic heterocycles. The molecule has 0 bridgehead atoms. The molecule has 1 fully saturated rings. The number of piperazine rings is 1. The first-order valence-corrected chi connectivity index (χ1v) is 10.2. The van der Waals surface area contributed by atoms with Gasteiger partial charge in [0.05, 0.1) is 30.1 Å². The topological polar surface area (TPSA) is 59.3 Å². The third-order valence-corrected chi connectivity index (χ3v) is 5.64. The van der Waals surface area contributed by atoms with Crippen LogP contribution in [0.4, 0.5) is 11.5 Å². The van der Waals surface area contributed by atoms with Crippen LogP contribution in [0.1, 0.15) is 0 Å². The van der Waals surface area contributed by atoms with E-state index in [0.717, 1.165) is 60.2 Å². The van der Waals surface area contributed by atoms with Crippen molar-refractivity contribution in [1.82, 2.24) is 19.7 Å². The standard InChI is InChI=1S/C22H21ClN6O/c1-30-20-13-16(23)7-8-19(20)27-9-11-28(12-10-27)21-18-14-26-29(22(18)25-15-24-21)17-5-3-2-4-6-17/h2-8,13-15H,9-12H2,1H3. The minimum absolute atomic E-state index is 0.674. The SMILES string of the molecule is COc1cc(Cl)ccc1N1CCN(c2ncnc3c2cnn3-c2ccccc2)CC1. The fourth-order valence-corrected chi connectivity index (χ4v) is 4.08. The summed E-state index contributed by atoms with van der Waals surface area (Å²) in [7, 11) is 1.67. The van der Waals surface area contributed by atoms with E-state index >= 15 is 0 Å². The smallest absolute Gasteiger partial charge is 0.168 e. The van der Waals surface area contributed by atoms with Gasteiger partial charge in [0.25, 0.3) is 0 Å². The lowest BCUT2D eigenvalue weighted by atomic mass is 10.2. The van der Waals surface area contributed by atoms with Gasteiger partial charge in [-0.15, -0.1) is 0 Å². The zero-order chi connectivity index (χ0) is 20.5. The molecular formula is C22H21ClN6O. The second kappa shape index (κ2) is 7.84. The van der Waals surface area contributed by atoms with E-state index in [0.29, 0.717) is 5.02 Å². The van der Waals surface area contributed by atoms with Gasteiger partial charge in [0, 0.05) is 37.3 Å². The van der Waals surface area contributed by atoms with Crippen molar-refractivity contribution in [2.45, 2.75) is 0 Å². The van der Waals surface area contributed by atoms with E-state index in [-0.39, 0.29) is 0 Å². The van der Waals surface area contributed by atoms with Crippen molar-refractivity contribution in [3.8, 4) is 11.4 Å². The highest BCUT2D eigenvalue weighted by molar-refractivity contribution is 6.30. The number of para-hydroxylation sites is 1. The Morgan fingerprint density at radius 3 is 2.47 bits per heavy atom. The average Bonchev–Trinajstić information content (AvgIpc) is 3.24. The van der Waals surface area contributed by atoms with Crippen LogP contribution in [-0.4, -0.2) is 53.0 Å². The van der Waals surface area contributed by atoms with Crippen molar-refractivity contribution in [3.05, 3.63) is 66.1 Å². The van der Waals surface area contributed by atoms with Crippen molar-refractivity contribution in [2.75, 3.05) is 43.1 Å². The molecular weight excluding hydrogens is 400 g/mol. The number of methoxy groups -OCH3 is 1. The predicted octanol–water partition coefficient (Wildman–Crippen LogP) is 3.80. The van der Waals surface area contributed by atoms with Gasteiger partial charge < -0.3 is 14.5 Å². The van der Waals surface area contributed by atoms with Crippen molar-refractivity contribution in [1.29, 1.82) is 0 Å². The zero-order valence-electron chi connectivity index (χ0n) is 16.6. The highest BCUT2D eigenvalue weighted by Crippen LogP contribution is 2.33. The van der Waals surface area contributed by atoms with Crippen LogP contribution in [0.15, 0.2) is 61.1 Å². The van der Waals surface area contributed by atoms with Gasteiger partial charge in [-0.25, -0.2) is 14.6 Å². The Labute approximate surface area is 179 Å². The molecule has 0 aliphatic carbocycles. The first-order chi connectivity index (χ1) is 14.7. The maximum atomic E-state index is 6.11. The van der Waals surface area contributed by atoms with Gasteiger partial charge in [0.15, 0.2) is 5.65 Å². The molecule has 0 amide bonds. The monoisotopic (exact) mass is 420 g/mol. The summed E-state index contributed by atoms with van der Waals surface area (Å²) in [6.07, 6.45) is 3.47. The Balaban J connectivity index is 1.40. The molecule has 0 unspecified atom stereocenters. The van der Waals surface area contributed by atoms with Crippen LogP contribution in [0.25, 0.3) is 16.7 Å². The van der Waals surface area contributed by atoms with E-state index in [4.69, 9.17) is 16.3 Å². The Morgan fingerprint density at radius 1 is 0.933 bits per heavy atom. The summed E-state index contributed by atoms with van der Waals surface area (Å²) in [6.45, 7) is 3.40. The number of fused-ring (bicyclic) bond motifs is 1. The number of aromatic nitrogens is 4. The highest BCUT2D eigenvalue weighted by atomic mass is 35.5. The number of anilines is 2. The number of nitrogens with zero attached hydrogens (tertiary/aromatic N) is 6. The Hall–Kier alpha value is -3.32. The average molecular weight is 421 g/mol. The summed E-state index contributed by atoms with van der Waals surface area (Å²) >= 11 is 6.11. The third kappa shape index (κ3) is 3.31. The molecule has 4 aromatic rings. The number of hydrogen-bond donors (Lipinski definition) is 0. The molecule has 2 aromatic heterocycles. The number of benzene rings is 2. The Morgan fingerprint density at radius 2 is 1.70 bits per heavy atom. The largest absolute Gasteiger partial charge is 0.495 e. The van der Waals surface area contributed by atoms with Crippen molar-refractivity contribution >= 4 is 34.1 Å². The quantitative estimate of drug-likeness (QED) is 0.500. The van der Waals surface area contributed by atoms with E-state index in [1.165, 1.54) is 0 Å². The van der Waals surface area contributed by atoms with E-state index in [9.17, 15) is 0 Å². The van der Waals surface area contributed by atoms with Crippen LogP contribution in [0, 0.1) is 0 Å². The van der Waals surface area contributed by atoms with Gasteiger partial charge in [-0.3, -0.25) is 0 Å². The predicted molar refractivity (Wildman–Crippen MR) is 119 cm³/mol. The molecule has 0 saturated carbocycles. The maximum Gasteiger partial charge on any atom is 0.168 e. The lowest BCUT2D eigenvalue weighted by Crippen LogP contribution is -2.47. The fourth-order valence-electron chi connectivity index (χ4n) is 3.91. The third-order valence-electron chi connectivity index (χ3n) is 5.41. The molecule has 7 nitrogen and oxygen atoms in total. The number of rotatable bonds is 4. The van der Waals surface area contributed by atoms with Gasteiger partial charge in [-0.2, -0.15) is 5.10 Å². The number of ether oxygens (including phenoxy) is 1. The molecule has 0 atom stereocenters. The fraction of sp³-hybridized carbons (Fsp3) is 0.227. The Bertz CT molecular complexity index is 1170. The summed E-state index contributed by atoms with van der Waals surface area (Å²) in [5.74, 6) is 1.72. The van der Waals surface area contributed by atoms with Crippen molar-refractivity contribution < 1.29 is 4.74 Å². The molecule has 5 rings (SSSR count). The molecule has 1 saturated heterocycles. The summed E-state index contributed by atoms with van der Waals surface area (Å²) in [6, 6.07) is 15.8. The van der Waals surface area contributed by atoms with Gasteiger partial charge >= 0.3 is 0 Å². The van der Waals surface area contributed by atoms with Gasteiger partial charge in [-0.1, -0.05) is 29.8 Å². The molecule has 8 heteroatoms. The van der Waals surface area contributed by atoms with Crippen LogP contribution in [0.3, 0.4) is 0 Å². The van der Waals surface area contributed by atoms with E-state index in [2.05, 4.69) is 24.9 Å². The van der Waals surface area contributed by atoms with Crippen LogP contribution >= 0.6 is 11.6 Å². The van der Waals surface area contributed by atoms with Crippen molar-refractivity contribution in [3.63, 3.8) is 0 Å². The van der Waals surface area contributed by atoms with E-state index in [1.807, 2.05) is 59.4 Å². The van der Waals surface area contributed by atoms with Gasteiger partial charge in [0.2, 0.25) is 0 Å². The molecule has 0 N–H and O–H groups in total. The first kappa shape index (κ1) is 18.7. The van der Waals surface area contributed by atoms with E-state index in [1.54, 1.807) is 13.4 Å². The summed E-state index contributed by atoms with van der Waals surface area (Å²) < 4.78 is 7.38. The molecule has 2 aromatic carbocycles. The highest BCUT2D eigenvalue weighted by Gasteiger charge is 2.23. The molecule has 3 heterocycles. The summed E-state index contributed by atoms with van der Waals surface area (Å²) in [5.41, 5.74) is 2.86. The second-order valence-corrected chi connectivity index (χ2v) is 7.55. The first-order valence-electron chi connectivity index (χ1n) is 9.82. The van der Waals surface area contributed by atoms with Crippen LogP contribution < -0.4 is 14.5 Å². The van der Waals surface area contributed by atoms with Crippen LogP contribution in [0.5, 0.6) is 5.75 Å². The van der Waals surface area contributed by atoms with E-state index < -0.39 is 0 Å². The normalized spacial score (nSPS) is 14.3.